The Morgan fingerprint density at radius 1 is 1.16 bits per heavy atom. The molecule has 5 nitrogen and oxygen atoms in total. The molecule has 3 aromatic rings. The van der Waals surface area contributed by atoms with Crippen LogP contribution in [0.5, 0.6) is 11.6 Å². The number of ether oxygens (including phenoxy) is 2. The van der Waals surface area contributed by atoms with Crippen molar-refractivity contribution in [3.8, 4) is 11.6 Å². The predicted molar refractivity (Wildman–Crippen MR) is 95.3 cm³/mol. The third kappa shape index (κ3) is 4.19. The highest BCUT2D eigenvalue weighted by molar-refractivity contribution is 6.31. The molecule has 6 heteroatoms. The van der Waals surface area contributed by atoms with E-state index in [-0.39, 0.29) is 5.97 Å². The smallest absolute Gasteiger partial charge is 0.338 e. The highest BCUT2D eigenvalue weighted by atomic mass is 35.5. The van der Waals surface area contributed by atoms with Crippen molar-refractivity contribution in [3.63, 3.8) is 0 Å². The van der Waals surface area contributed by atoms with E-state index in [1.165, 1.54) is 0 Å². The van der Waals surface area contributed by atoms with Gasteiger partial charge in [-0.3, -0.25) is 0 Å². The Morgan fingerprint density at radius 2 is 2.00 bits per heavy atom. The molecule has 0 aliphatic carbocycles. The van der Waals surface area contributed by atoms with Gasteiger partial charge in [-0.1, -0.05) is 35.9 Å². The standard InChI is InChI=1S/C19H17ClN2O3/c1-2-24-19(23)14-7-5-8-16(12-14)25-18-10-11-21-22(18)13-15-6-3-4-9-17(15)20/h3-12H,2,13H2,1H3. The monoisotopic (exact) mass is 356 g/mol. The molecule has 0 saturated carbocycles. The van der Waals surface area contributed by atoms with Crippen molar-refractivity contribution in [1.82, 2.24) is 9.78 Å². The molecule has 0 N–H and O–H groups in total. The Morgan fingerprint density at radius 3 is 2.80 bits per heavy atom. The third-order valence-electron chi connectivity index (χ3n) is 3.52. The van der Waals surface area contributed by atoms with E-state index in [1.54, 1.807) is 48.1 Å². The summed E-state index contributed by atoms with van der Waals surface area (Å²) < 4.78 is 12.6. The maximum absolute atomic E-state index is 11.8. The molecule has 128 valence electrons. The summed E-state index contributed by atoms with van der Waals surface area (Å²) in [6, 6.07) is 16.2. The predicted octanol–water partition coefficient (Wildman–Crippen LogP) is 4.55. The molecular weight excluding hydrogens is 340 g/mol. The first kappa shape index (κ1) is 17.0. The Labute approximate surface area is 150 Å². The van der Waals surface area contributed by atoms with Crippen LogP contribution in [-0.2, 0) is 11.3 Å². The molecule has 2 aromatic carbocycles. The van der Waals surface area contributed by atoms with E-state index < -0.39 is 0 Å². The van der Waals surface area contributed by atoms with Gasteiger partial charge in [-0.05, 0) is 36.8 Å². The zero-order chi connectivity index (χ0) is 17.6. The topological polar surface area (TPSA) is 53.4 Å². The lowest BCUT2D eigenvalue weighted by Crippen LogP contribution is -2.06. The summed E-state index contributed by atoms with van der Waals surface area (Å²) in [5.74, 6) is 0.713. The van der Waals surface area contributed by atoms with Crippen molar-refractivity contribution in [1.29, 1.82) is 0 Å². The molecule has 0 amide bonds. The molecule has 1 heterocycles. The van der Waals surface area contributed by atoms with Gasteiger partial charge in [0.25, 0.3) is 0 Å². The van der Waals surface area contributed by atoms with Gasteiger partial charge in [0.05, 0.1) is 24.9 Å². The van der Waals surface area contributed by atoms with Gasteiger partial charge in [0.15, 0.2) is 0 Å². The van der Waals surface area contributed by atoms with Crippen molar-refractivity contribution in [3.05, 3.63) is 76.9 Å². The number of esters is 1. The van der Waals surface area contributed by atoms with Crippen LogP contribution in [0.2, 0.25) is 5.02 Å². The lowest BCUT2D eigenvalue weighted by Gasteiger charge is -2.11. The van der Waals surface area contributed by atoms with Crippen LogP contribution in [-0.4, -0.2) is 22.4 Å². The van der Waals surface area contributed by atoms with Crippen LogP contribution < -0.4 is 4.74 Å². The molecule has 0 bridgehead atoms. The first-order chi connectivity index (χ1) is 12.2. The maximum Gasteiger partial charge on any atom is 0.338 e. The Kier molecular flexibility index (Phi) is 5.36. The maximum atomic E-state index is 11.8. The molecule has 0 unspecified atom stereocenters. The molecule has 25 heavy (non-hydrogen) atoms. The summed E-state index contributed by atoms with van der Waals surface area (Å²) in [6.45, 7) is 2.58. The first-order valence-corrected chi connectivity index (χ1v) is 8.25. The van der Waals surface area contributed by atoms with E-state index >= 15 is 0 Å². The fourth-order valence-electron chi connectivity index (χ4n) is 2.34. The highest BCUT2D eigenvalue weighted by Crippen LogP contribution is 2.24. The lowest BCUT2D eigenvalue weighted by atomic mass is 10.2. The van der Waals surface area contributed by atoms with Crippen molar-refractivity contribution in [2.75, 3.05) is 6.61 Å². The molecule has 0 fully saturated rings. The average molecular weight is 357 g/mol. The van der Waals surface area contributed by atoms with Crippen LogP contribution in [0, 0.1) is 0 Å². The molecular formula is C19H17ClN2O3. The van der Waals surface area contributed by atoms with Gasteiger partial charge in [0.2, 0.25) is 5.88 Å². The highest BCUT2D eigenvalue weighted by Gasteiger charge is 2.11. The van der Waals surface area contributed by atoms with Crippen molar-refractivity contribution in [2.24, 2.45) is 0 Å². The van der Waals surface area contributed by atoms with E-state index in [4.69, 9.17) is 21.1 Å². The van der Waals surface area contributed by atoms with E-state index in [1.807, 2.05) is 24.3 Å². The largest absolute Gasteiger partial charge is 0.462 e. The minimum atomic E-state index is -0.377. The van der Waals surface area contributed by atoms with Crippen molar-refractivity contribution >= 4 is 17.6 Å². The molecule has 0 radical (unpaired) electrons. The van der Waals surface area contributed by atoms with Crippen LogP contribution >= 0.6 is 11.6 Å². The van der Waals surface area contributed by atoms with E-state index in [9.17, 15) is 4.79 Å². The summed E-state index contributed by atoms with van der Waals surface area (Å²) in [6.07, 6.45) is 1.65. The number of aromatic nitrogens is 2. The number of benzene rings is 2. The van der Waals surface area contributed by atoms with E-state index in [0.29, 0.717) is 35.4 Å². The molecule has 3 rings (SSSR count). The van der Waals surface area contributed by atoms with Crippen LogP contribution in [0.1, 0.15) is 22.8 Å². The SMILES string of the molecule is CCOC(=O)c1cccc(Oc2ccnn2Cc2ccccc2Cl)c1. The number of carbonyl (C=O) groups excluding carboxylic acids is 1. The molecule has 0 atom stereocenters. The lowest BCUT2D eigenvalue weighted by molar-refractivity contribution is 0.0526. The fraction of sp³-hybridized carbons (Fsp3) is 0.158. The second-order valence-electron chi connectivity index (χ2n) is 5.27. The molecule has 0 spiro atoms. The second kappa shape index (κ2) is 7.85. The fourth-order valence-corrected chi connectivity index (χ4v) is 2.53. The van der Waals surface area contributed by atoms with Crippen molar-refractivity contribution in [2.45, 2.75) is 13.5 Å². The van der Waals surface area contributed by atoms with Crippen LogP contribution in [0.3, 0.4) is 0 Å². The van der Waals surface area contributed by atoms with E-state index in [2.05, 4.69) is 5.10 Å². The number of nitrogens with zero attached hydrogens (tertiary/aromatic N) is 2. The van der Waals surface area contributed by atoms with Gasteiger partial charge in [0, 0.05) is 11.1 Å². The van der Waals surface area contributed by atoms with Gasteiger partial charge in [0.1, 0.15) is 5.75 Å². The normalized spacial score (nSPS) is 10.5. The summed E-state index contributed by atoms with van der Waals surface area (Å²) in [5, 5.41) is 4.95. The molecule has 1 aromatic heterocycles. The van der Waals surface area contributed by atoms with Gasteiger partial charge >= 0.3 is 5.97 Å². The second-order valence-corrected chi connectivity index (χ2v) is 5.68. The Hall–Kier alpha value is -2.79. The number of rotatable bonds is 6. The summed E-state index contributed by atoms with van der Waals surface area (Å²) in [5.41, 5.74) is 1.38. The Balaban J connectivity index is 1.79. The molecule has 0 aliphatic rings. The quantitative estimate of drug-likeness (QED) is 0.608. The number of hydrogen-bond acceptors (Lipinski definition) is 4. The number of halogens is 1. The number of carbonyl (C=O) groups is 1. The minimum absolute atomic E-state index is 0.328. The zero-order valence-corrected chi connectivity index (χ0v) is 14.4. The number of hydrogen-bond donors (Lipinski definition) is 0. The molecule has 0 aliphatic heterocycles. The van der Waals surface area contributed by atoms with Crippen LogP contribution in [0.15, 0.2) is 60.8 Å². The van der Waals surface area contributed by atoms with Gasteiger partial charge in [-0.2, -0.15) is 5.10 Å². The summed E-state index contributed by atoms with van der Waals surface area (Å²) >= 11 is 6.21. The summed E-state index contributed by atoms with van der Waals surface area (Å²) in [4.78, 5) is 11.8. The first-order valence-electron chi connectivity index (χ1n) is 7.87. The third-order valence-corrected chi connectivity index (χ3v) is 3.89. The van der Waals surface area contributed by atoms with Gasteiger partial charge in [-0.25, -0.2) is 9.48 Å². The van der Waals surface area contributed by atoms with Crippen LogP contribution in [0.4, 0.5) is 0 Å². The van der Waals surface area contributed by atoms with Gasteiger partial charge < -0.3 is 9.47 Å². The van der Waals surface area contributed by atoms with E-state index in [0.717, 1.165) is 5.56 Å². The van der Waals surface area contributed by atoms with Crippen LogP contribution in [0.25, 0.3) is 0 Å². The summed E-state index contributed by atoms with van der Waals surface area (Å²) in [7, 11) is 0. The van der Waals surface area contributed by atoms with Crippen molar-refractivity contribution < 1.29 is 14.3 Å². The molecule has 0 saturated heterocycles. The average Bonchev–Trinajstić information content (AvgIpc) is 3.04. The zero-order valence-electron chi connectivity index (χ0n) is 13.7. The minimum Gasteiger partial charge on any atom is -0.462 e. The Bertz CT molecular complexity index is 876. The van der Waals surface area contributed by atoms with Gasteiger partial charge in [-0.15, -0.1) is 0 Å².